The molecule has 1 aromatic carbocycles. The third kappa shape index (κ3) is 3.31. The van der Waals surface area contributed by atoms with Gasteiger partial charge in [-0.05, 0) is 37.0 Å². The first-order valence-electron chi connectivity index (χ1n) is 9.37. The van der Waals surface area contributed by atoms with Gasteiger partial charge in [0.05, 0.1) is 18.8 Å². The number of likely N-dealkylation sites (tertiary alicyclic amines) is 1. The number of morpholine rings is 1. The van der Waals surface area contributed by atoms with E-state index in [1.807, 2.05) is 6.07 Å². The van der Waals surface area contributed by atoms with E-state index in [9.17, 15) is 4.79 Å². The number of hydrogen-bond acceptors (Lipinski definition) is 4. The first-order valence-corrected chi connectivity index (χ1v) is 9.37. The van der Waals surface area contributed by atoms with Crippen LogP contribution in [-0.4, -0.2) is 61.1 Å². The first kappa shape index (κ1) is 16.6. The Balaban J connectivity index is 1.54. The second-order valence-corrected chi connectivity index (χ2v) is 7.04. The zero-order chi connectivity index (χ0) is 17.2. The summed E-state index contributed by atoms with van der Waals surface area (Å²) in [5.74, 6) is 0.114. The normalized spacial score (nSPS) is 22.0. The van der Waals surface area contributed by atoms with Crippen LogP contribution in [0, 0.1) is 0 Å². The average molecular weight is 342 g/mol. The Labute approximate surface area is 148 Å². The number of rotatable bonds is 4. The predicted octanol–water partition coefficient (Wildman–Crippen LogP) is 2.93. The summed E-state index contributed by atoms with van der Waals surface area (Å²) in [4.78, 5) is 17.7. The number of ether oxygens (including phenoxy) is 1. The molecule has 2 aromatic rings. The van der Waals surface area contributed by atoms with Gasteiger partial charge in [-0.25, -0.2) is 0 Å². The fourth-order valence-corrected chi connectivity index (χ4v) is 3.99. The van der Waals surface area contributed by atoms with E-state index in [2.05, 4.69) is 28.9 Å². The SMILES string of the molecule is CCc1ccc2occ(C(=O)N3CCC[C@H]3CN3CCOCC3)c2c1. The van der Waals surface area contributed by atoms with Crippen LogP contribution in [0.4, 0.5) is 0 Å². The van der Waals surface area contributed by atoms with Crippen LogP contribution < -0.4 is 0 Å². The van der Waals surface area contributed by atoms with Crippen LogP contribution >= 0.6 is 0 Å². The van der Waals surface area contributed by atoms with Crippen molar-refractivity contribution in [2.24, 2.45) is 0 Å². The number of carbonyl (C=O) groups is 1. The third-order valence-corrected chi connectivity index (χ3v) is 5.49. The summed E-state index contributed by atoms with van der Waals surface area (Å²) in [5, 5.41) is 0.946. The molecule has 1 aromatic heterocycles. The van der Waals surface area contributed by atoms with Crippen LogP contribution in [0.25, 0.3) is 11.0 Å². The quantitative estimate of drug-likeness (QED) is 0.857. The molecular weight excluding hydrogens is 316 g/mol. The molecule has 2 fully saturated rings. The highest BCUT2D eigenvalue weighted by molar-refractivity contribution is 6.06. The largest absolute Gasteiger partial charge is 0.463 e. The molecule has 1 atom stereocenters. The van der Waals surface area contributed by atoms with Crippen molar-refractivity contribution < 1.29 is 13.9 Å². The molecule has 5 nitrogen and oxygen atoms in total. The Morgan fingerprint density at radius 1 is 1.24 bits per heavy atom. The fourth-order valence-electron chi connectivity index (χ4n) is 3.99. The molecule has 25 heavy (non-hydrogen) atoms. The fraction of sp³-hybridized carbons (Fsp3) is 0.550. The number of amides is 1. The molecule has 0 saturated carbocycles. The third-order valence-electron chi connectivity index (χ3n) is 5.49. The minimum Gasteiger partial charge on any atom is -0.463 e. The maximum absolute atomic E-state index is 13.2. The standard InChI is InChI=1S/C20H26N2O3/c1-2-15-5-6-19-17(12-15)18(14-25-19)20(23)22-7-3-4-16(22)13-21-8-10-24-11-9-21/h5-6,12,14,16H,2-4,7-11,13H2,1H3/t16-/m0/s1. The molecule has 2 aliphatic rings. The number of hydrogen-bond donors (Lipinski definition) is 0. The second kappa shape index (κ2) is 7.18. The molecule has 0 radical (unpaired) electrons. The van der Waals surface area contributed by atoms with Crippen LogP contribution in [0.2, 0.25) is 0 Å². The monoisotopic (exact) mass is 342 g/mol. The van der Waals surface area contributed by atoms with Crippen molar-refractivity contribution in [2.45, 2.75) is 32.2 Å². The van der Waals surface area contributed by atoms with Gasteiger partial charge < -0.3 is 14.1 Å². The number of benzene rings is 1. The van der Waals surface area contributed by atoms with Crippen molar-refractivity contribution in [1.29, 1.82) is 0 Å². The van der Waals surface area contributed by atoms with Crippen molar-refractivity contribution in [3.8, 4) is 0 Å². The molecule has 4 rings (SSSR count). The van der Waals surface area contributed by atoms with Crippen molar-refractivity contribution >= 4 is 16.9 Å². The maximum atomic E-state index is 13.2. The smallest absolute Gasteiger partial charge is 0.258 e. The summed E-state index contributed by atoms with van der Waals surface area (Å²) >= 11 is 0. The number of aryl methyl sites for hydroxylation is 1. The van der Waals surface area contributed by atoms with Crippen LogP contribution in [0.5, 0.6) is 0 Å². The minimum atomic E-state index is 0.114. The lowest BCUT2D eigenvalue weighted by Crippen LogP contribution is -2.46. The minimum absolute atomic E-state index is 0.114. The molecular formula is C20H26N2O3. The van der Waals surface area contributed by atoms with Gasteiger partial charge in [0, 0.05) is 37.6 Å². The van der Waals surface area contributed by atoms with Gasteiger partial charge in [-0.1, -0.05) is 13.0 Å². The van der Waals surface area contributed by atoms with E-state index < -0.39 is 0 Å². The van der Waals surface area contributed by atoms with Gasteiger partial charge in [0.2, 0.25) is 0 Å². The molecule has 2 aliphatic heterocycles. The van der Waals surface area contributed by atoms with Crippen molar-refractivity contribution in [3.63, 3.8) is 0 Å². The van der Waals surface area contributed by atoms with Gasteiger partial charge in [0.1, 0.15) is 11.8 Å². The average Bonchev–Trinajstić information content (AvgIpc) is 3.28. The van der Waals surface area contributed by atoms with E-state index in [0.29, 0.717) is 11.6 Å². The molecule has 0 N–H and O–H groups in total. The molecule has 0 unspecified atom stereocenters. The zero-order valence-electron chi connectivity index (χ0n) is 14.9. The summed E-state index contributed by atoms with van der Waals surface area (Å²) in [6, 6.07) is 6.43. The molecule has 3 heterocycles. The van der Waals surface area contributed by atoms with Crippen LogP contribution in [0.1, 0.15) is 35.7 Å². The Bertz CT molecular complexity index is 748. The number of furan rings is 1. The number of carbonyl (C=O) groups excluding carboxylic acids is 1. The lowest BCUT2D eigenvalue weighted by molar-refractivity contribution is 0.0261. The van der Waals surface area contributed by atoms with Gasteiger partial charge in [0.25, 0.3) is 5.91 Å². The van der Waals surface area contributed by atoms with Gasteiger partial charge >= 0.3 is 0 Å². The van der Waals surface area contributed by atoms with E-state index in [1.165, 1.54) is 5.56 Å². The Hall–Kier alpha value is -1.85. The van der Waals surface area contributed by atoms with Gasteiger partial charge in [-0.2, -0.15) is 0 Å². The van der Waals surface area contributed by atoms with Gasteiger partial charge in [0.15, 0.2) is 0 Å². The summed E-state index contributed by atoms with van der Waals surface area (Å²) in [6.45, 7) is 7.44. The molecule has 1 amide bonds. The van der Waals surface area contributed by atoms with Gasteiger partial charge in [-0.3, -0.25) is 9.69 Å². The summed E-state index contributed by atoms with van der Waals surface area (Å²) in [5.41, 5.74) is 2.73. The lowest BCUT2D eigenvalue weighted by atomic mass is 10.1. The lowest BCUT2D eigenvalue weighted by Gasteiger charge is -2.32. The molecule has 0 aliphatic carbocycles. The number of fused-ring (bicyclic) bond motifs is 1. The molecule has 5 heteroatoms. The summed E-state index contributed by atoms with van der Waals surface area (Å²) in [6.07, 6.45) is 4.75. The maximum Gasteiger partial charge on any atom is 0.258 e. The van der Waals surface area contributed by atoms with E-state index >= 15 is 0 Å². The Kier molecular flexibility index (Phi) is 4.77. The molecule has 2 saturated heterocycles. The zero-order valence-corrected chi connectivity index (χ0v) is 14.9. The van der Waals surface area contributed by atoms with Crippen molar-refractivity contribution in [2.75, 3.05) is 39.4 Å². The molecule has 0 bridgehead atoms. The van der Waals surface area contributed by atoms with Crippen LogP contribution in [-0.2, 0) is 11.2 Å². The first-order chi connectivity index (χ1) is 12.3. The molecule has 0 spiro atoms. The van der Waals surface area contributed by atoms with Crippen molar-refractivity contribution in [1.82, 2.24) is 9.80 Å². The van der Waals surface area contributed by atoms with E-state index in [4.69, 9.17) is 9.15 Å². The predicted molar refractivity (Wildman–Crippen MR) is 96.9 cm³/mol. The van der Waals surface area contributed by atoms with Gasteiger partial charge in [-0.15, -0.1) is 0 Å². The Morgan fingerprint density at radius 3 is 2.88 bits per heavy atom. The summed E-state index contributed by atoms with van der Waals surface area (Å²) in [7, 11) is 0. The summed E-state index contributed by atoms with van der Waals surface area (Å²) < 4.78 is 11.1. The van der Waals surface area contributed by atoms with Crippen LogP contribution in [0.3, 0.4) is 0 Å². The highest BCUT2D eigenvalue weighted by Gasteiger charge is 2.32. The number of nitrogens with zero attached hydrogens (tertiary/aromatic N) is 2. The highest BCUT2D eigenvalue weighted by atomic mass is 16.5. The van der Waals surface area contributed by atoms with E-state index in [1.54, 1.807) is 6.26 Å². The highest BCUT2D eigenvalue weighted by Crippen LogP contribution is 2.27. The second-order valence-electron chi connectivity index (χ2n) is 7.04. The Morgan fingerprint density at radius 2 is 2.08 bits per heavy atom. The van der Waals surface area contributed by atoms with Crippen molar-refractivity contribution in [3.05, 3.63) is 35.6 Å². The van der Waals surface area contributed by atoms with E-state index in [-0.39, 0.29) is 5.91 Å². The van der Waals surface area contributed by atoms with Crippen LogP contribution in [0.15, 0.2) is 28.9 Å². The topological polar surface area (TPSA) is 45.9 Å². The molecule has 134 valence electrons. The van der Waals surface area contributed by atoms with E-state index in [0.717, 1.165) is 69.6 Å².